The van der Waals surface area contributed by atoms with Crippen LogP contribution in [0.5, 0.6) is 0 Å². The first-order valence-corrected chi connectivity index (χ1v) is 12.1. The lowest BCUT2D eigenvalue weighted by Gasteiger charge is -2.35. The number of nitrogens with zero attached hydrogens (tertiary/aromatic N) is 6. The van der Waals surface area contributed by atoms with E-state index in [-0.39, 0.29) is 11.9 Å². The molecule has 5 rings (SSSR count). The highest BCUT2D eigenvalue weighted by Crippen LogP contribution is 2.35. The van der Waals surface area contributed by atoms with Gasteiger partial charge in [-0.1, -0.05) is 6.08 Å². The monoisotopic (exact) mass is 482 g/mol. The predicted molar refractivity (Wildman–Crippen MR) is 142 cm³/mol. The number of hydrogen-bond donors (Lipinski definition) is 2. The van der Waals surface area contributed by atoms with Crippen LogP contribution in [0.15, 0.2) is 73.5 Å². The summed E-state index contributed by atoms with van der Waals surface area (Å²) in [6, 6.07) is 9.57. The van der Waals surface area contributed by atoms with Crippen LogP contribution in [0.4, 0.5) is 17.2 Å². The standard InChI is InChI=1S/C27H30N8O/c1-3-4-26(36)31-21-7-11-29-24(17-21)27-23-8-10-28-18-20(23)9-12-35(27)32-22-5-6-25(30-19-22)34-15-13-33(2)14-16-34/h3-12,17-19,27,32H,13-16H2,1-2H3,(H,29,31,36)/b4-3-. The number of hydrazine groups is 1. The Labute approximate surface area is 211 Å². The maximum absolute atomic E-state index is 12.1. The van der Waals surface area contributed by atoms with Crippen molar-refractivity contribution >= 4 is 29.2 Å². The molecule has 3 aromatic rings. The van der Waals surface area contributed by atoms with Crippen LogP contribution in [0.25, 0.3) is 6.08 Å². The van der Waals surface area contributed by atoms with Gasteiger partial charge in [0.15, 0.2) is 0 Å². The van der Waals surface area contributed by atoms with Gasteiger partial charge in [-0.2, -0.15) is 0 Å². The number of piperazine rings is 1. The molecule has 3 aromatic heterocycles. The number of carbonyl (C=O) groups excluding carboxylic acids is 1. The number of fused-ring (bicyclic) bond motifs is 1. The van der Waals surface area contributed by atoms with Gasteiger partial charge in [0.25, 0.3) is 0 Å². The quantitative estimate of drug-likeness (QED) is 0.516. The summed E-state index contributed by atoms with van der Waals surface area (Å²) in [5, 5.41) is 4.91. The van der Waals surface area contributed by atoms with Crippen molar-refractivity contribution in [1.82, 2.24) is 24.9 Å². The molecule has 2 aliphatic heterocycles. The smallest absolute Gasteiger partial charge is 0.248 e. The summed E-state index contributed by atoms with van der Waals surface area (Å²) in [5.41, 5.74) is 7.92. The highest BCUT2D eigenvalue weighted by molar-refractivity contribution is 5.99. The SMILES string of the molecule is C/C=C\C(=O)Nc1ccnc(C2c3ccncc3C=CN2Nc2ccc(N3CCN(C)CC3)nc2)c1. The molecule has 1 unspecified atom stereocenters. The molecule has 0 bridgehead atoms. The molecular weight excluding hydrogens is 452 g/mol. The molecule has 2 aliphatic rings. The third-order valence-corrected chi connectivity index (χ3v) is 6.35. The van der Waals surface area contributed by atoms with Crippen LogP contribution in [0.1, 0.15) is 29.8 Å². The number of amides is 1. The highest BCUT2D eigenvalue weighted by Gasteiger charge is 2.27. The lowest BCUT2D eigenvalue weighted by molar-refractivity contribution is -0.111. The van der Waals surface area contributed by atoms with Crippen molar-refractivity contribution in [2.45, 2.75) is 13.0 Å². The first-order valence-electron chi connectivity index (χ1n) is 12.1. The lowest BCUT2D eigenvalue weighted by Crippen LogP contribution is -2.44. The van der Waals surface area contributed by atoms with Crippen molar-refractivity contribution < 1.29 is 4.79 Å². The second kappa shape index (κ2) is 10.6. The Balaban J connectivity index is 1.40. The van der Waals surface area contributed by atoms with E-state index in [0.29, 0.717) is 5.69 Å². The molecule has 1 amide bonds. The van der Waals surface area contributed by atoms with Crippen LogP contribution in [0, 0.1) is 0 Å². The molecular formula is C27H30N8O. The van der Waals surface area contributed by atoms with Crippen molar-refractivity contribution in [2.24, 2.45) is 0 Å². The molecule has 2 N–H and O–H groups in total. The summed E-state index contributed by atoms with van der Waals surface area (Å²) in [5.74, 6) is 0.811. The van der Waals surface area contributed by atoms with Gasteiger partial charge in [0.05, 0.1) is 17.6 Å². The zero-order chi connectivity index (χ0) is 24.9. The molecule has 0 saturated carbocycles. The first-order chi connectivity index (χ1) is 17.6. The summed E-state index contributed by atoms with van der Waals surface area (Å²) >= 11 is 0. The summed E-state index contributed by atoms with van der Waals surface area (Å²) in [4.78, 5) is 30.4. The maximum Gasteiger partial charge on any atom is 0.248 e. The van der Waals surface area contributed by atoms with Crippen molar-refractivity contribution in [2.75, 3.05) is 48.9 Å². The Bertz CT molecular complexity index is 1260. The number of rotatable bonds is 6. The van der Waals surface area contributed by atoms with Gasteiger partial charge >= 0.3 is 0 Å². The Morgan fingerprint density at radius 3 is 2.67 bits per heavy atom. The van der Waals surface area contributed by atoms with Crippen molar-refractivity contribution in [3.05, 3.63) is 90.3 Å². The topological polar surface area (TPSA) is 89.5 Å². The van der Waals surface area contributed by atoms with Gasteiger partial charge in [-0.3, -0.25) is 25.2 Å². The predicted octanol–water partition coefficient (Wildman–Crippen LogP) is 3.54. The number of aromatic nitrogens is 3. The van der Waals surface area contributed by atoms with Gasteiger partial charge in [0, 0.05) is 62.2 Å². The molecule has 9 nitrogen and oxygen atoms in total. The minimum atomic E-state index is -0.233. The first kappa shape index (κ1) is 23.5. The second-order valence-electron chi connectivity index (χ2n) is 8.90. The van der Waals surface area contributed by atoms with Crippen LogP contribution in [0.3, 0.4) is 0 Å². The van der Waals surface area contributed by atoms with Gasteiger partial charge in [-0.25, -0.2) is 4.98 Å². The van der Waals surface area contributed by atoms with E-state index in [1.54, 1.807) is 24.5 Å². The molecule has 0 aromatic carbocycles. The highest BCUT2D eigenvalue weighted by atomic mass is 16.1. The third kappa shape index (κ3) is 5.21. The molecule has 1 atom stereocenters. The average molecular weight is 483 g/mol. The van der Waals surface area contributed by atoms with Crippen molar-refractivity contribution in [3.63, 3.8) is 0 Å². The Kier molecular flexibility index (Phi) is 6.90. The van der Waals surface area contributed by atoms with Crippen LogP contribution >= 0.6 is 0 Å². The van der Waals surface area contributed by atoms with Crippen molar-refractivity contribution in [1.29, 1.82) is 0 Å². The Morgan fingerprint density at radius 2 is 1.89 bits per heavy atom. The maximum atomic E-state index is 12.1. The Morgan fingerprint density at radius 1 is 1.03 bits per heavy atom. The summed E-state index contributed by atoms with van der Waals surface area (Å²) in [7, 11) is 2.15. The molecule has 1 fully saturated rings. The van der Waals surface area contributed by atoms with E-state index in [0.717, 1.165) is 54.5 Å². The second-order valence-corrected chi connectivity index (χ2v) is 8.90. The van der Waals surface area contributed by atoms with Crippen LogP contribution in [0.2, 0.25) is 0 Å². The Hall–Kier alpha value is -4.24. The zero-order valence-corrected chi connectivity index (χ0v) is 20.5. The molecule has 184 valence electrons. The van der Waals surface area contributed by atoms with Crippen LogP contribution in [-0.2, 0) is 4.79 Å². The minimum absolute atomic E-state index is 0.177. The summed E-state index contributed by atoms with van der Waals surface area (Å²) < 4.78 is 0. The molecule has 1 saturated heterocycles. The van der Waals surface area contributed by atoms with Gasteiger partial charge in [0.2, 0.25) is 5.91 Å². The van der Waals surface area contributed by atoms with Crippen LogP contribution < -0.4 is 15.6 Å². The van der Waals surface area contributed by atoms with E-state index in [1.807, 2.05) is 48.7 Å². The number of pyridine rings is 3. The lowest BCUT2D eigenvalue weighted by atomic mass is 9.96. The molecule has 5 heterocycles. The molecule has 0 aliphatic carbocycles. The normalized spacial score (nSPS) is 17.8. The number of likely N-dealkylation sites (N-methyl/N-ethyl adjacent to an activating group) is 1. The molecule has 9 heteroatoms. The van der Waals surface area contributed by atoms with E-state index >= 15 is 0 Å². The fourth-order valence-corrected chi connectivity index (χ4v) is 4.44. The van der Waals surface area contributed by atoms with Gasteiger partial charge in [-0.05, 0) is 62.0 Å². The minimum Gasteiger partial charge on any atom is -0.354 e. The van der Waals surface area contributed by atoms with E-state index < -0.39 is 0 Å². The number of hydrogen-bond acceptors (Lipinski definition) is 8. The number of anilines is 3. The van der Waals surface area contributed by atoms with E-state index in [9.17, 15) is 4.79 Å². The number of carbonyl (C=O) groups is 1. The van der Waals surface area contributed by atoms with Crippen LogP contribution in [-0.4, -0.2) is 64.0 Å². The zero-order valence-electron chi connectivity index (χ0n) is 20.5. The fourth-order valence-electron chi connectivity index (χ4n) is 4.44. The molecule has 0 spiro atoms. The van der Waals surface area contributed by atoms with E-state index in [2.05, 4.69) is 49.7 Å². The van der Waals surface area contributed by atoms with Gasteiger partial charge < -0.3 is 15.1 Å². The summed E-state index contributed by atoms with van der Waals surface area (Å²) in [6.07, 6.45) is 14.4. The van der Waals surface area contributed by atoms with Gasteiger partial charge in [-0.15, -0.1) is 0 Å². The average Bonchev–Trinajstić information content (AvgIpc) is 2.90. The van der Waals surface area contributed by atoms with E-state index in [1.165, 1.54) is 6.08 Å². The van der Waals surface area contributed by atoms with E-state index in [4.69, 9.17) is 4.98 Å². The third-order valence-electron chi connectivity index (χ3n) is 6.35. The van der Waals surface area contributed by atoms with Gasteiger partial charge in [0.1, 0.15) is 11.9 Å². The summed E-state index contributed by atoms with van der Waals surface area (Å²) in [6.45, 7) is 5.84. The molecule has 36 heavy (non-hydrogen) atoms. The number of allylic oxidation sites excluding steroid dienone is 1. The fraction of sp³-hybridized carbons (Fsp3) is 0.259. The molecule has 0 radical (unpaired) electrons. The largest absolute Gasteiger partial charge is 0.354 e. The van der Waals surface area contributed by atoms with Crippen molar-refractivity contribution in [3.8, 4) is 0 Å². The number of nitrogens with one attached hydrogen (secondary N) is 2.